The van der Waals surface area contributed by atoms with Gasteiger partial charge in [-0.1, -0.05) is 18.2 Å². The van der Waals surface area contributed by atoms with Gasteiger partial charge in [0.1, 0.15) is 23.8 Å². The molecule has 204 valence electrons. The second kappa shape index (κ2) is 10.2. The molecule has 5 rings (SSSR count). The fourth-order valence-corrected chi connectivity index (χ4v) is 4.78. The van der Waals surface area contributed by atoms with Gasteiger partial charge in [0.15, 0.2) is 17.3 Å². The molecule has 0 aliphatic carbocycles. The monoisotopic (exact) mass is 545 g/mol. The highest BCUT2D eigenvalue weighted by Crippen LogP contribution is 2.42. The lowest BCUT2D eigenvalue weighted by molar-refractivity contribution is 0.0131. The molecule has 0 bridgehead atoms. The maximum absolute atomic E-state index is 15.3. The Morgan fingerprint density at radius 2 is 1.79 bits per heavy atom. The lowest BCUT2D eigenvalue weighted by Crippen LogP contribution is -2.62. The molecule has 3 aromatic rings. The van der Waals surface area contributed by atoms with E-state index in [0.29, 0.717) is 0 Å². The van der Waals surface area contributed by atoms with Gasteiger partial charge in [0.05, 0.1) is 13.7 Å². The number of hydrogen-bond acceptors (Lipinski definition) is 8. The highest BCUT2D eigenvalue weighted by atomic mass is 19.2. The van der Waals surface area contributed by atoms with Crippen molar-refractivity contribution in [3.05, 3.63) is 93.2 Å². The van der Waals surface area contributed by atoms with E-state index in [-0.39, 0.29) is 35.6 Å². The summed E-state index contributed by atoms with van der Waals surface area (Å²) in [5.41, 5.74) is -0.778. The molecule has 0 saturated heterocycles. The molecule has 0 radical (unpaired) electrons. The molecule has 10 nitrogen and oxygen atoms in total. The molecule has 0 fully saturated rings. The zero-order chi connectivity index (χ0) is 27.8. The standard InChI is InChI=1S/C26H22F3N3O7/c1-30-21-8-10-37-20-12-18(29)17(28)11-15(20)22(14-5-3-4-6-16(14)27)32(21)31-9-7-19(33)24(23(31)25(30)34)38-13-39-26(35)36-2/h3-7,9,11-12,21-22H,8,10,13H2,1-2H3. The zero-order valence-electron chi connectivity index (χ0n) is 20.7. The van der Waals surface area contributed by atoms with Gasteiger partial charge in [-0.3, -0.25) is 19.3 Å². The van der Waals surface area contributed by atoms with Crippen molar-refractivity contribution in [2.75, 3.05) is 32.6 Å². The van der Waals surface area contributed by atoms with E-state index in [0.717, 1.165) is 25.3 Å². The number of carbonyl (C=O) groups is 2. The Labute approximate surface area is 219 Å². The lowest BCUT2D eigenvalue weighted by Gasteiger charge is -2.50. The molecule has 0 N–H and O–H groups in total. The molecule has 39 heavy (non-hydrogen) atoms. The minimum atomic E-state index is -1.18. The Bertz CT molecular complexity index is 1510. The minimum Gasteiger partial charge on any atom is -0.493 e. The van der Waals surface area contributed by atoms with E-state index < -0.39 is 59.7 Å². The van der Waals surface area contributed by atoms with Crippen LogP contribution < -0.4 is 19.9 Å². The zero-order valence-corrected chi connectivity index (χ0v) is 20.7. The van der Waals surface area contributed by atoms with Gasteiger partial charge >= 0.3 is 6.16 Å². The third kappa shape index (κ3) is 4.49. The smallest absolute Gasteiger partial charge is 0.493 e. The number of rotatable bonds is 4. The van der Waals surface area contributed by atoms with Crippen LogP contribution in [-0.2, 0) is 9.47 Å². The van der Waals surface area contributed by atoms with Gasteiger partial charge in [0.2, 0.25) is 18.0 Å². The molecule has 0 spiro atoms. The first-order valence-corrected chi connectivity index (χ1v) is 11.7. The summed E-state index contributed by atoms with van der Waals surface area (Å²) in [7, 11) is 2.56. The van der Waals surface area contributed by atoms with Crippen LogP contribution >= 0.6 is 0 Å². The van der Waals surface area contributed by atoms with Crippen LogP contribution in [0.1, 0.15) is 34.1 Å². The van der Waals surface area contributed by atoms with Gasteiger partial charge in [-0.2, -0.15) is 0 Å². The number of pyridine rings is 1. The van der Waals surface area contributed by atoms with E-state index in [1.54, 1.807) is 11.1 Å². The maximum Gasteiger partial charge on any atom is 0.510 e. The molecule has 1 aromatic heterocycles. The van der Waals surface area contributed by atoms with Crippen molar-refractivity contribution in [2.24, 2.45) is 0 Å². The Balaban J connectivity index is 1.75. The molecule has 13 heteroatoms. The number of benzene rings is 2. The number of halogens is 3. The SMILES string of the molecule is COC(=O)OCOc1c2n(ccc1=O)N1C(c3ccccc3F)c3cc(F)c(F)cc3OCCC1N(C)C2=O. The summed E-state index contributed by atoms with van der Waals surface area (Å²) < 4.78 is 65.8. The van der Waals surface area contributed by atoms with Crippen LogP contribution in [0.15, 0.2) is 53.5 Å². The van der Waals surface area contributed by atoms with Crippen molar-refractivity contribution in [2.45, 2.75) is 18.6 Å². The molecule has 2 unspecified atom stereocenters. The minimum absolute atomic E-state index is 0.00666. The van der Waals surface area contributed by atoms with E-state index in [1.165, 1.54) is 41.0 Å². The molecular formula is C26H22F3N3O7. The largest absolute Gasteiger partial charge is 0.510 e. The second-order valence-electron chi connectivity index (χ2n) is 8.70. The summed E-state index contributed by atoms with van der Waals surface area (Å²) in [5, 5.41) is 1.57. The summed E-state index contributed by atoms with van der Waals surface area (Å²) in [6.07, 6.45) is -0.367. The number of fused-ring (bicyclic) bond motifs is 4. The summed E-state index contributed by atoms with van der Waals surface area (Å²) >= 11 is 0. The number of nitrogens with zero attached hydrogens (tertiary/aromatic N) is 3. The predicted molar refractivity (Wildman–Crippen MR) is 128 cm³/mol. The first-order chi connectivity index (χ1) is 18.7. The average Bonchev–Trinajstić information content (AvgIpc) is 2.91. The van der Waals surface area contributed by atoms with Gasteiger partial charge in [0.25, 0.3) is 5.91 Å². The highest BCUT2D eigenvalue weighted by Gasteiger charge is 2.44. The van der Waals surface area contributed by atoms with Crippen LogP contribution in [-0.4, -0.2) is 55.4 Å². The van der Waals surface area contributed by atoms with Gasteiger partial charge in [-0.15, -0.1) is 0 Å². The van der Waals surface area contributed by atoms with Crippen LogP contribution in [0, 0.1) is 17.5 Å². The third-order valence-corrected chi connectivity index (χ3v) is 6.55. The van der Waals surface area contributed by atoms with Crippen LogP contribution in [0.2, 0.25) is 0 Å². The number of carbonyl (C=O) groups excluding carboxylic acids is 2. The van der Waals surface area contributed by atoms with Gasteiger partial charge < -0.3 is 23.8 Å². The Morgan fingerprint density at radius 1 is 1.05 bits per heavy atom. The quantitative estimate of drug-likeness (QED) is 0.364. The van der Waals surface area contributed by atoms with E-state index in [1.807, 2.05) is 0 Å². The summed E-state index contributed by atoms with van der Waals surface area (Å²) in [6.45, 7) is -0.732. The van der Waals surface area contributed by atoms with Crippen molar-refractivity contribution in [3.8, 4) is 11.5 Å². The van der Waals surface area contributed by atoms with E-state index in [4.69, 9.17) is 14.2 Å². The number of hydrogen-bond donors (Lipinski definition) is 0. The van der Waals surface area contributed by atoms with Crippen LogP contribution in [0.5, 0.6) is 11.5 Å². The third-order valence-electron chi connectivity index (χ3n) is 6.55. The Hall–Kier alpha value is -4.68. The van der Waals surface area contributed by atoms with Crippen LogP contribution in [0.3, 0.4) is 0 Å². The number of ether oxygens (including phenoxy) is 4. The fourth-order valence-electron chi connectivity index (χ4n) is 4.78. The van der Waals surface area contributed by atoms with E-state index >= 15 is 4.39 Å². The van der Waals surface area contributed by atoms with Gasteiger partial charge in [-0.25, -0.2) is 18.0 Å². The Kier molecular flexibility index (Phi) is 6.81. The van der Waals surface area contributed by atoms with Crippen LogP contribution in [0.25, 0.3) is 0 Å². The van der Waals surface area contributed by atoms with Crippen molar-refractivity contribution in [1.29, 1.82) is 0 Å². The lowest BCUT2D eigenvalue weighted by atomic mass is 9.94. The molecule has 3 heterocycles. The number of aromatic nitrogens is 1. The topological polar surface area (TPSA) is 99.5 Å². The average molecular weight is 545 g/mol. The van der Waals surface area contributed by atoms with Crippen molar-refractivity contribution in [1.82, 2.24) is 9.58 Å². The van der Waals surface area contributed by atoms with Crippen molar-refractivity contribution < 1.29 is 41.7 Å². The first kappa shape index (κ1) is 25.9. The molecule has 2 aliphatic heterocycles. The number of amides is 1. The van der Waals surface area contributed by atoms with Crippen LogP contribution in [0.4, 0.5) is 18.0 Å². The Morgan fingerprint density at radius 3 is 2.54 bits per heavy atom. The second-order valence-corrected chi connectivity index (χ2v) is 8.70. The summed E-state index contributed by atoms with van der Waals surface area (Å²) in [5.74, 6) is -4.04. The fraction of sp³-hybridized carbons (Fsp3) is 0.269. The van der Waals surface area contributed by atoms with E-state index in [2.05, 4.69) is 4.74 Å². The van der Waals surface area contributed by atoms with Crippen molar-refractivity contribution in [3.63, 3.8) is 0 Å². The van der Waals surface area contributed by atoms with Gasteiger partial charge in [-0.05, 0) is 12.1 Å². The molecule has 2 aromatic carbocycles. The highest BCUT2D eigenvalue weighted by molar-refractivity contribution is 5.96. The predicted octanol–water partition coefficient (Wildman–Crippen LogP) is 3.31. The molecule has 2 atom stereocenters. The molecular weight excluding hydrogens is 523 g/mol. The number of methoxy groups -OCH3 is 1. The van der Waals surface area contributed by atoms with Gasteiger partial charge in [0, 0.05) is 42.9 Å². The molecule has 1 amide bonds. The van der Waals surface area contributed by atoms with E-state index in [9.17, 15) is 23.2 Å². The van der Waals surface area contributed by atoms with Crippen molar-refractivity contribution >= 4 is 12.1 Å². The first-order valence-electron chi connectivity index (χ1n) is 11.7. The summed E-state index contributed by atoms with van der Waals surface area (Å²) in [4.78, 5) is 39.0. The summed E-state index contributed by atoms with van der Waals surface area (Å²) in [6, 6.07) is 7.52. The maximum atomic E-state index is 15.3. The molecule has 0 saturated carbocycles. The molecule has 2 aliphatic rings. The normalized spacial score (nSPS) is 18.1.